The molecule has 0 saturated carbocycles. The third kappa shape index (κ3) is 56.5. The summed E-state index contributed by atoms with van der Waals surface area (Å²) in [5.74, 6) is -0.913. The highest BCUT2D eigenvalue weighted by Crippen LogP contribution is 2.18. The lowest BCUT2D eigenvalue weighted by Crippen LogP contribution is -2.30. The van der Waals surface area contributed by atoms with Gasteiger partial charge in [0, 0.05) is 19.3 Å². The minimum Gasteiger partial charge on any atom is -0.462 e. The maximum Gasteiger partial charge on any atom is 0.306 e. The first kappa shape index (κ1) is 67.6. The van der Waals surface area contributed by atoms with Crippen LogP contribution in [0.4, 0.5) is 0 Å². The van der Waals surface area contributed by atoms with E-state index in [1.165, 1.54) is 205 Å². The summed E-state index contributed by atoms with van der Waals surface area (Å²) in [4.78, 5) is 37.7. The second-order valence-corrected chi connectivity index (χ2v) is 21.0. The van der Waals surface area contributed by atoms with Crippen LogP contribution in [-0.4, -0.2) is 37.2 Å². The standard InChI is InChI=1S/C64H118O6/c1-4-7-10-13-15-17-19-21-22-23-24-25-26-27-28-29-30-31-32-33-34-35-36-37-38-39-40-41-43-44-46-48-51-54-57-63(66)69-60-61(59-68-62(65)56-53-50-12-9-6-3)70-64(67)58-55-52-49-47-45-42-20-18-16-14-11-8-5-2/h8,11,16,18,42,45,61H,4-7,9-10,12-15,17,19-41,43-44,46-60H2,1-3H3/b11-8-,18-16-,45-42-. The summed E-state index contributed by atoms with van der Waals surface area (Å²) in [6, 6.07) is 0. The Morgan fingerprint density at radius 3 is 0.871 bits per heavy atom. The van der Waals surface area contributed by atoms with Gasteiger partial charge in [-0.25, -0.2) is 0 Å². The first-order chi connectivity index (χ1) is 34.5. The number of carbonyl (C=O) groups excluding carboxylic acids is 3. The van der Waals surface area contributed by atoms with Gasteiger partial charge in [-0.15, -0.1) is 0 Å². The Morgan fingerprint density at radius 1 is 0.300 bits per heavy atom. The molecule has 410 valence electrons. The summed E-state index contributed by atoms with van der Waals surface area (Å²) >= 11 is 0. The Labute approximate surface area is 435 Å². The third-order valence-corrected chi connectivity index (χ3v) is 13.9. The van der Waals surface area contributed by atoms with Gasteiger partial charge in [0.15, 0.2) is 6.10 Å². The molecule has 0 saturated heterocycles. The van der Waals surface area contributed by atoms with Crippen LogP contribution in [0.3, 0.4) is 0 Å². The Hall–Kier alpha value is -2.37. The van der Waals surface area contributed by atoms with Crippen LogP contribution in [-0.2, 0) is 28.6 Å². The van der Waals surface area contributed by atoms with E-state index in [1.54, 1.807) is 0 Å². The number of unbranched alkanes of at least 4 members (excludes halogenated alkanes) is 40. The van der Waals surface area contributed by atoms with Crippen molar-refractivity contribution in [3.63, 3.8) is 0 Å². The summed E-state index contributed by atoms with van der Waals surface area (Å²) in [5, 5.41) is 0. The third-order valence-electron chi connectivity index (χ3n) is 13.9. The Morgan fingerprint density at radius 2 is 0.557 bits per heavy atom. The molecule has 1 atom stereocenters. The van der Waals surface area contributed by atoms with E-state index < -0.39 is 6.10 Å². The average Bonchev–Trinajstić information content (AvgIpc) is 3.36. The molecule has 0 amide bonds. The minimum absolute atomic E-state index is 0.0812. The van der Waals surface area contributed by atoms with Crippen LogP contribution in [0.1, 0.15) is 335 Å². The number of ether oxygens (including phenoxy) is 3. The predicted molar refractivity (Wildman–Crippen MR) is 302 cm³/mol. The van der Waals surface area contributed by atoms with Crippen LogP contribution in [0.2, 0.25) is 0 Å². The fourth-order valence-corrected chi connectivity index (χ4v) is 9.28. The Balaban J connectivity index is 3.83. The molecule has 0 bridgehead atoms. The lowest BCUT2D eigenvalue weighted by molar-refractivity contribution is -0.167. The Kier molecular flexibility index (Phi) is 57.2. The summed E-state index contributed by atoms with van der Waals surface area (Å²) < 4.78 is 16.7. The SMILES string of the molecule is CC/C=C\C/C=C\C/C=C\CCCCCC(=O)OC(COC(=O)CCCCCCC)COC(=O)CCCCCCCCCCCCCCCCCCCCCCCCCCCCCCCCCCCC. The molecule has 6 heteroatoms. The van der Waals surface area contributed by atoms with Gasteiger partial charge in [0.05, 0.1) is 0 Å². The Bertz CT molecular complexity index is 1170. The molecule has 0 aromatic carbocycles. The van der Waals surface area contributed by atoms with E-state index >= 15 is 0 Å². The minimum atomic E-state index is -0.781. The van der Waals surface area contributed by atoms with Crippen molar-refractivity contribution in [1.29, 1.82) is 0 Å². The molecule has 0 aliphatic carbocycles. The van der Waals surface area contributed by atoms with E-state index in [1.807, 2.05) is 0 Å². The zero-order valence-corrected chi connectivity index (χ0v) is 47.1. The van der Waals surface area contributed by atoms with Gasteiger partial charge in [-0.05, 0) is 51.4 Å². The van der Waals surface area contributed by atoms with Gasteiger partial charge in [-0.2, -0.15) is 0 Å². The van der Waals surface area contributed by atoms with Crippen LogP contribution in [0.15, 0.2) is 36.5 Å². The van der Waals surface area contributed by atoms with Crippen molar-refractivity contribution in [2.24, 2.45) is 0 Å². The molecule has 0 N–H and O–H groups in total. The van der Waals surface area contributed by atoms with Crippen LogP contribution in [0, 0.1) is 0 Å². The second-order valence-electron chi connectivity index (χ2n) is 21.0. The highest BCUT2D eigenvalue weighted by molar-refractivity contribution is 5.71. The fraction of sp³-hybridized carbons (Fsp3) is 0.859. The lowest BCUT2D eigenvalue weighted by atomic mass is 10.0. The molecule has 70 heavy (non-hydrogen) atoms. The molecule has 1 unspecified atom stereocenters. The van der Waals surface area contributed by atoms with E-state index in [9.17, 15) is 14.4 Å². The van der Waals surface area contributed by atoms with Crippen molar-refractivity contribution in [3.05, 3.63) is 36.5 Å². The van der Waals surface area contributed by atoms with E-state index in [0.717, 1.165) is 89.9 Å². The largest absolute Gasteiger partial charge is 0.462 e. The summed E-state index contributed by atoms with van der Waals surface area (Å²) in [7, 11) is 0. The van der Waals surface area contributed by atoms with Crippen LogP contribution in [0.25, 0.3) is 0 Å². The van der Waals surface area contributed by atoms with Gasteiger partial charge < -0.3 is 14.2 Å². The molecule has 0 radical (unpaired) electrons. The summed E-state index contributed by atoms with van der Waals surface area (Å²) in [6.45, 7) is 6.45. The number of hydrogen-bond acceptors (Lipinski definition) is 6. The van der Waals surface area contributed by atoms with Crippen molar-refractivity contribution in [2.75, 3.05) is 13.2 Å². The number of esters is 3. The quantitative estimate of drug-likeness (QED) is 0.0261. The van der Waals surface area contributed by atoms with Crippen molar-refractivity contribution >= 4 is 17.9 Å². The van der Waals surface area contributed by atoms with E-state index in [-0.39, 0.29) is 31.1 Å². The molecule has 0 aromatic heterocycles. The van der Waals surface area contributed by atoms with Crippen molar-refractivity contribution in [3.8, 4) is 0 Å². The summed E-state index contributed by atoms with van der Waals surface area (Å²) in [6.07, 6.45) is 72.4. The van der Waals surface area contributed by atoms with Gasteiger partial charge >= 0.3 is 17.9 Å². The van der Waals surface area contributed by atoms with E-state index in [0.29, 0.717) is 19.3 Å². The van der Waals surface area contributed by atoms with Gasteiger partial charge in [0.25, 0.3) is 0 Å². The van der Waals surface area contributed by atoms with Gasteiger partial charge in [0.1, 0.15) is 13.2 Å². The summed E-state index contributed by atoms with van der Waals surface area (Å²) in [5.41, 5.74) is 0. The molecule has 0 heterocycles. The molecule has 0 aliphatic rings. The monoisotopic (exact) mass is 983 g/mol. The van der Waals surface area contributed by atoms with E-state index in [2.05, 4.69) is 57.2 Å². The number of allylic oxidation sites excluding steroid dienone is 6. The number of rotatable bonds is 57. The molecule has 0 fully saturated rings. The lowest BCUT2D eigenvalue weighted by Gasteiger charge is -2.18. The molecule has 6 nitrogen and oxygen atoms in total. The molecule has 0 aliphatic heterocycles. The molecule has 0 rings (SSSR count). The molecule has 0 aromatic rings. The first-order valence-electron chi connectivity index (χ1n) is 31.0. The molecular weight excluding hydrogens is 865 g/mol. The van der Waals surface area contributed by atoms with Crippen molar-refractivity contribution in [1.82, 2.24) is 0 Å². The van der Waals surface area contributed by atoms with Crippen LogP contribution < -0.4 is 0 Å². The number of hydrogen-bond donors (Lipinski definition) is 0. The average molecular weight is 984 g/mol. The maximum atomic E-state index is 12.7. The predicted octanol–water partition coefficient (Wildman–Crippen LogP) is 20.8. The maximum absolute atomic E-state index is 12.7. The van der Waals surface area contributed by atoms with E-state index in [4.69, 9.17) is 14.2 Å². The van der Waals surface area contributed by atoms with Crippen LogP contribution >= 0.6 is 0 Å². The normalized spacial score (nSPS) is 12.2. The topological polar surface area (TPSA) is 78.9 Å². The van der Waals surface area contributed by atoms with Crippen molar-refractivity contribution < 1.29 is 28.6 Å². The molecular formula is C64H118O6. The van der Waals surface area contributed by atoms with Crippen LogP contribution in [0.5, 0.6) is 0 Å². The smallest absolute Gasteiger partial charge is 0.306 e. The van der Waals surface area contributed by atoms with Gasteiger partial charge in [-0.3, -0.25) is 14.4 Å². The van der Waals surface area contributed by atoms with Gasteiger partial charge in [-0.1, -0.05) is 301 Å². The highest BCUT2D eigenvalue weighted by atomic mass is 16.6. The van der Waals surface area contributed by atoms with Crippen molar-refractivity contribution in [2.45, 2.75) is 341 Å². The van der Waals surface area contributed by atoms with Gasteiger partial charge in [0.2, 0.25) is 0 Å². The second kappa shape index (κ2) is 59.2. The number of carbonyl (C=O) groups is 3. The molecule has 0 spiro atoms. The fourth-order valence-electron chi connectivity index (χ4n) is 9.28. The zero-order chi connectivity index (χ0) is 50.7. The zero-order valence-electron chi connectivity index (χ0n) is 47.1. The first-order valence-corrected chi connectivity index (χ1v) is 31.0. The highest BCUT2D eigenvalue weighted by Gasteiger charge is 2.19.